The molecule has 4 heteroatoms. The van der Waals surface area contributed by atoms with Crippen LogP contribution < -0.4 is 5.73 Å². The minimum atomic E-state index is -2.41. The van der Waals surface area contributed by atoms with Gasteiger partial charge in [-0.05, 0) is 19.4 Å². The summed E-state index contributed by atoms with van der Waals surface area (Å²) in [6, 6.07) is -0.330. The third kappa shape index (κ3) is 1.64. The molecule has 0 saturated carbocycles. The molecule has 2 N–H and O–H groups in total. The first-order valence-corrected chi connectivity index (χ1v) is 6.76. The molecule has 0 radical (unpaired) electrons. The van der Waals surface area contributed by atoms with Crippen LogP contribution in [0.1, 0.15) is 0 Å². The van der Waals surface area contributed by atoms with Gasteiger partial charge in [0.05, 0.1) is 6.04 Å². The molecule has 0 aromatic heterocycles. The van der Waals surface area contributed by atoms with Crippen molar-refractivity contribution in [1.82, 2.24) is 0 Å². The van der Waals surface area contributed by atoms with Crippen molar-refractivity contribution in [3.8, 4) is 0 Å². The van der Waals surface area contributed by atoms with Crippen LogP contribution in [-0.4, -0.2) is 31.8 Å². The summed E-state index contributed by atoms with van der Waals surface area (Å²) < 4.78 is 17.4. The summed E-state index contributed by atoms with van der Waals surface area (Å²) in [6.45, 7) is 3.39. The van der Waals surface area contributed by atoms with Crippen LogP contribution in [0.5, 0.6) is 0 Å². The lowest BCUT2D eigenvalue weighted by molar-refractivity contribution is 0.0888. The molecule has 2 unspecified atom stereocenters. The van der Waals surface area contributed by atoms with Crippen molar-refractivity contribution in [1.29, 1.82) is 0 Å². The molecule has 2 atom stereocenters. The summed E-state index contributed by atoms with van der Waals surface area (Å²) in [4.78, 5) is 0. The zero-order valence-corrected chi connectivity index (χ0v) is 9.12. The molecule has 1 rings (SSSR count). The Bertz CT molecular complexity index is 292. The first-order valence-electron chi connectivity index (χ1n) is 4.16. The Hall–Kier alpha value is -0.370. The van der Waals surface area contributed by atoms with Gasteiger partial charge >= 0.3 is 0 Å². The molecular weight excluding hydrogens is 185 g/mol. The summed E-state index contributed by atoms with van der Waals surface area (Å²) in [6.07, 6.45) is 7.27. The van der Waals surface area contributed by atoms with Gasteiger partial charge in [-0.15, -0.1) is 0 Å². The maximum absolute atomic E-state index is 12.0. The minimum Gasteiger partial charge on any atom is -0.364 e. The Morgan fingerprint density at radius 3 is 2.38 bits per heavy atom. The van der Waals surface area contributed by atoms with Gasteiger partial charge in [0.1, 0.15) is 7.14 Å². The number of nitrogens with two attached hydrogens (primary N) is 1. The highest BCUT2D eigenvalue weighted by atomic mass is 31.2. The third-order valence-corrected chi connectivity index (χ3v) is 4.72. The molecule has 1 aliphatic carbocycles. The molecule has 1 aliphatic rings. The van der Waals surface area contributed by atoms with Crippen molar-refractivity contribution in [2.24, 2.45) is 5.73 Å². The van der Waals surface area contributed by atoms with Crippen LogP contribution in [0, 0.1) is 0 Å². The maximum atomic E-state index is 12.0. The molecule has 0 aromatic carbocycles. The number of rotatable bonds is 2. The fourth-order valence-electron chi connectivity index (χ4n) is 1.59. The Morgan fingerprint density at radius 2 is 2.08 bits per heavy atom. The van der Waals surface area contributed by atoms with Crippen molar-refractivity contribution in [3.05, 3.63) is 24.3 Å². The Kier molecular flexibility index (Phi) is 2.81. The van der Waals surface area contributed by atoms with E-state index >= 15 is 0 Å². The smallest absolute Gasteiger partial charge is 0.156 e. The first kappa shape index (κ1) is 10.7. The second-order valence-electron chi connectivity index (χ2n) is 3.58. The fraction of sp³-hybridized carbons (Fsp3) is 0.556. The predicted molar refractivity (Wildman–Crippen MR) is 55.4 cm³/mol. The van der Waals surface area contributed by atoms with E-state index in [4.69, 9.17) is 10.5 Å². The summed E-state index contributed by atoms with van der Waals surface area (Å²) >= 11 is 0. The number of hydrogen-bond donors (Lipinski definition) is 1. The highest BCUT2D eigenvalue weighted by molar-refractivity contribution is 7.64. The molecule has 0 amide bonds. The highest BCUT2D eigenvalue weighted by Gasteiger charge is 2.44. The van der Waals surface area contributed by atoms with Crippen LogP contribution in [0.2, 0.25) is 0 Å². The molecule has 74 valence electrons. The number of methoxy groups -OCH3 is 1. The topological polar surface area (TPSA) is 52.3 Å². The van der Waals surface area contributed by atoms with Crippen LogP contribution in [-0.2, 0) is 9.30 Å². The van der Waals surface area contributed by atoms with Crippen molar-refractivity contribution >= 4 is 7.14 Å². The normalized spacial score (nSPS) is 33.7. The maximum Gasteiger partial charge on any atom is 0.156 e. The van der Waals surface area contributed by atoms with Gasteiger partial charge in [-0.2, -0.15) is 0 Å². The third-order valence-electron chi connectivity index (χ3n) is 2.41. The number of allylic oxidation sites excluding steroid dienone is 2. The van der Waals surface area contributed by atoms with Crippen LogP contribution in [0.3, 0.4) is 0 Å². The summed E-state index contributed by atoms with van der Waals surface area (Å²) in [5.74, 6) is 0. The molecule has 3 nitrogen and oxygen atoms in total. The fourth-order valence-corrected chi connectivity index (χ4v) is 3.28. The molecule has 0 fully saturated rings. The van der Waals surface area contributed by atoms with Crippen LogP contribution in [0.15, 0.2) is 24.3 Å². The van der Waals surface area contributed by atoms with E-state index in [1.54, 1.807) is 26.5 Å². The van der Waals surface area contributed by atoms with Crippen LogP contribution >= 0.6 is 7.14 Å². The monoisotopic (exact) mass is 201 g/mol. The molecule has 0 bridgehead atoms. The quantitative estimate of drug-likeness (QED) is 0.687. The van der Waals surface area contributed by atoms with E-state index in [9.17, 15) is 4.57 Å². The zero-order valence-electron chi connectivity index (χ0n) is 8.23. The Morgan fingerprint density at radius 1 is 1.46 bits per heavy atom. The lowest BCUT2D eigenvalue weighted by Crippen LogP contribution is -2.47. The van der Waals surface area contributed by atoms with Crippen LogP contribution in [0.4, 0.5) is 0 Å². The number of ether oxygens (including phenoxy) is 1. The van der Waals surface area contributed by atoms with Gasteiger partial charge in [0, 0.05) is 7.11 Å². The standard InChI is InChI=1S/C9H16NO2P/c1-12-9(13(2,3)11)7-5-4-6-8(9)10/h4-8H,10H2,1-3H3. The second kappa shape index (κ2) is 3.41. The zero-order chi connectivity index (χ0) is 10.1. The van der Waals surface area contributed by atoms with Gasteiger partial charge in [-0.25, -0.2) is 0 Å². The lowest BCUT2D eigenvalue weighted by Gasteiger charge is -2.38. The predicted octanol–water partition coefficient (Wildman–Crippen LogP) is 1.41. The number of hydrogen-bond acceptors (Lipinski definition) is 3. The summed E-state index contributed by atoms with van der Waals surface area (Å²) in [7, 11) is -0.869. The highest BCUT2D eigenvalue weighted by Crippen LogP contribution is 2.55. The molecule has 0 aromatic rings. The van der Waals surface area contributed by atoms with E-state index in [1.807, 2.05) is 18.2 Å². The Labute approximate surface area is 79.0 Å². The second-order valence-corrected chi connectivity index (χ2v) is 6.98. The van der Waals surface area contributed by atoms with Crippen LogP contribution in [0.25, 0.3) is 0 Å². The summed E-state index contributed by atoms with van der Waals surface area (Å²) in [5, 5.41) is -0.818. The van der Waals surface area contributed by atoms with E-state index in [0.29, 0.717) is 0 Å². The van der Waals surface area contributed by atoms with Crippen molar-refractivity contribution in [2.45, 2.75) is 11.4 Å². The van der Waals surface area contributed by atoms with Gasteiger partial charge in [-0.3, -0.25) is 0 Å². The van der Waals surface area contributed by atoms with Crippen molar-refractivity contribution in [3.63, 3.8) is 0 Å². The lowest BCUT2D eigenvalue weighted by atomic mass is 10.1. The van der Waals surface area contributed by atoms with Gasteiger partial charge in [0.25, 0.3) is 0 Å². The van der Waals surface area contributed by atoms with E-state index < -0.39 is 12.5 Å². The van der Waals surface area contributed by atoms with Crippen molar-refractivity contribution < 1.29 is 9.30 Å². The molecular formula is C9H16NO2P. The van der Waals surface area contributed by atoms with E-state index in [2.05, 4.69) is 0 Å². The van der Waals surface area contributed by atoms with Crippen molar-refractivity contribution in [2.75, 3.05) is 20.4 Å². The summed E-state index contributed by atoms with van der Waals surface area (Å²) in [5.41, 5.74) is 5.88. The van der Waals surface area contributed by atoms with Gasteiger partial charge in [0.15, 0.2) is 5.34 Å². The molecule has 0 aliphatic heterocycles. The minimum absolute atomic E-state index is 0.330. The van der Waals surface area contributed by atoms with Gasteiger partial charge < -0.3 is 15.0 Å². The average Bonchev–Trinajstić information content (AvgIpc) is 2.03. The van der Waals surface area contributed by atoms with E-state index in [0.717, 1.165) is 0 Å². The van der Waals surface area contributed by atoms with E-state index in [-0.39, 0.29) is 6.04 Å². The largest absolute Gasteiger partial charge is 0.364 e. The Balaban J connectivity index is 3.14. The van der Waals surface area contributed by atoms with E-state index in [1.165, 1.54) is 0 Å². The molecule has 0 spiro atoms. The first-order chi connectivity index (χ1) is 5.94. The molecule has 0 heterocycles. The van der Waals surface area contributed by atoms with Gasteiger partial charge in [-0.1, -0.05) is 18.2 Å². The molecule has 13 heavy (non-hydrogen) atoms. The SMILES string of the molecule is COC1(P(C)(C)=O)C=CC=CC1N. The molecule has 0 saturated heterocycles. The average molecular weight is 201 g/mol. The van der Waals surface area contributed by atoms with Gasteiger partial charge in [0.2, 0.25) is 0 Å².